The van der Waals surface area contributed by atoms with E-state index in [1.807, 2.05) is 30.3 Å². The molecule has 4 N–H and O–H groups in total. The molecule has 2 rings (SSSR count). The first-order valence-corrected chi connectivity index (χ1v) is 7.66. The number of nitrogens with zero attached hydrogens (tertiary/aromatic N) is 4. The molecule has 6 nitrogen and oxygen atoms in total. The maximum absolute atomic E-state index is 9.25. The maximum Gasteiger partial charge on any atom is 0.222 e. The highest BCUT2D eigenvalue weighted by molar-refractivity contribution is 5.73. The van der Waals surface area contributed by atoms with Crippen LogP contribution in [0.5, 0.6) is 0 Å². The lowest BCUT2D eigenvalue weighted by atomic mass is 10.0. The standard InChI is InChI=1S/C17H22N6/c1-3-4-9-23(2)11-12-5-7-13(8-6-12)15-14(10-18)16(19)22-17(20)21-15/h5-8H,3-4,9,11H2,1-2H3,(H4,19,20,21,22). The predicted octanol–water partition coefficient (Wildman–Crippen LogP) is 2.41. The van der Waals surface area contributed by atoms with E-state index in [4.69, 9.17) is 11.5 Å². The van der Waals surface area contributed by atoms with Crippen LogP contribution in [0.4, 0.5) is 11.8 Å². The van der Waals surface area contributed by atoms with Gasteiger partial charge in [-0.15, -0.1) is 0 Å². The first-order valence-electron chi connectivity index (χ1n) is 7.66. The highest BCUT2D eigenvalue weighted by Gasteiger charge is 2.13. The van der Waals surface area contributed by atoms with Crippen LogP contribution >= 0.6 is 0 Å². The first kappa shape index (κ1) is 16.7. The van der Waals surface area contributed by atoms with Gasteiger partial charge >= 0.3 is 0 Å². The summed E-state index contributed by atoms with van der Waals surface area (Å²) in [4.78, 5) is 10.3. The summed E-state index contributed by atoms with van der Waals surface area (Å²) in [5, 5.41) is 9.25. The van der Waals surface area contributed by atoms with Crippen molar-refractivity contribution in [1.29, 1.82) is 5.26 Å². The van der Waals surface area contributed by atoms with E-state index in [1.54, 1.807) is 0 Å². The smallest absolute Gasteiger partial charge is 0.222 e. The molecule has 6 heteroatoms. The van der Waals surface area contributed by atoms with Crippen molar-refractivity contribution in [2.24, 2.45) is 0 Å². The molecule has 2 aromatic rings. The third-order valence-corrected chi connectivity index (χ3v) is 3.64. The number of hydrogen-bond acceptors (Lipinski definition) is 6. The molecule has 1 heterocycles. The Morgan fingerprint density at radius 3 is 2.48 bits per heavy atom. The van der Waals surface area contributed by atoms with E-state index < -0.39 is 0 Å². The van der Waals surface area contributed by atoms with Gasteiger partial charge in [0.25, 0.3) is 0 Å². The molecule has 1 aromatic heterocycles. The summed E-state index contributed by atoms with van der Waals surface area (Å²) in [5.41, 5.74) is 14.1. The molecule has 0 saturated carbocycles. The van der Waals surface area contributed by atoms with Gasteiger partial charge in [-0.3, -0.25) is 0 Å². The second-order valence-corrected chi connectivity index (χ2v) is 5.59. The third kappa shape index (κ3) is 4.18. The van der Waals surface area contributed by atoms with Gasteiger partial charge in [-0.1, -0.05) is 37.6 Å². The van der Waals surface area contributed by atoms with Gasteiger partial charge in [-0.05, 0) is 25.6 Å². The number of nitrogen functional groups attached to an aromatic ring is 2. The number of hydrogen-bond donors (Lipinski definition) is 2. The van der Waals surface area contributed by atoms with Crippen LogP contribution in [-0.4, -0.2) is 28.5 Å². The Morgan fingerprint density at radius 2 is 1.87 bits per heavy atom. The number of anilines is 2. The number of benzene rings is 1. The number of aromatic nitrogens is 2. The zero-order valence-corrected chi connectivity index (χ0v) is 13.6. The molecule has 0 saturated heterocycles. The van der Waals surface area contributed by atoms with Crippen molar-refractivity contribution in [2.75, 3.05) is 25.1 Å². The summed E-state index contributed by atoms with van der Waals surface area (Å²) in [6.07, 6.45) is 2.39. The van der Waals surface area contributed by atoms with Crippen molar-refractivity contribution >= 4 is 11.8 Å². The van der Waals surface area contributed by atoms with Crippen molar-refractivity contribution in [1.82, 2.24) is 14.9 Å². The molecule has 0 atom stereocenters. The number of unbranched alkanes of at least 4 members (excludes halogenated alkanes) is 1. The number of rotatable bonds is 6. The molecule has 0 radical (unpaired) electrons. The molecule has 0 spiro atoms. The zero-order chi connectivity index (χ0) is 16.8. The second-order valence-electron chi connectivity index (χ2n) is 5.59. The average Bonchev–Trinajstić information content (AvgIpc) is 2.53. The molecule has 120 valence electrons. The van der Waals surface area contributed by atoms with Crippen LogP contribution in [-0.2, 0) is 6.54 Å². The molecule has 23 heavy (non-hydrogen) atoms. The van der Waals surface area contributed by atoms with Crippen LogP contribution in [0.25, 0.3) is 11.3 Å². The molecule has 0 aliphatic heterocycles. The highest BCUT2D eigenvalue weighted by Crippen LogP contribution is 2.25. The summed E-state index contributed by atoms with van der Waals surface area (Å²) < 4.78 is 0. The Morgan fingerprint density at radius 1 is 1.17 bits per heavy atom. The fourth-order valence-electron chi connectivity index (χ4n) is 2.40. The van der Waals surface area contributed by atoms with Crippen molar-refractivity contribution in [3.05, 3.63) is 35.4 Å². The third-order valence-electron chi connectivity index (χ3n) is 3.64. The van der Waals surface area contributed by atoms with Gasteiger partial charge < -0.3 is 16.4 Å². The van der Waals surface area contributed by atoms with Crippen molar-refractivity contribution in [3.63, 3.8) is 0 Å². The largest absolute Gasteiger partial charge is 0.382 e. The van der Waals surface area contributed by atoms with Crippen LogP contribution in [0.3, 0.4) is 0 Å². The van der Waals surface area contributed by atoms with E-state index in [9.17, 15) is 5.26 Å². The normalized spacial score (nSPS) is 10.7. The fraction of sp³-hybridized carbons (Fsp3) is 0.353. The minimum atomic E-state index is 0.0693. The van der Waals surface area contributed by atoms with Crippen molar-refractivity contribution < 1.29 is 0 Å². The summed E-state index contributed by atoms with van der Waals surface area (Å²) in [5.74, 6) is 0.179. The first-order chi connectivity index (χ1) is 11.0. The zero-order valence-electron chi connectivity index (χ0n) is 13.6. The SMILES string of the molecule is CCCCN(C)Cc1ccc(-c2nc(N)nc(N)c2C#N)cc1. The monoisotopic (exact) mass is 310 g/mol. The van der Waals surface area contributed by atoms with Crippen LogP contribution in [0.1, 0.15) is 30.9 Å². The lowest BCUT2D eigenvalue weighted by Gasteiger charge is -2.16. The molecule has 0 aliphatic rings. The van der Waals surface area contributed by atoms with E-state index >= 15 is 0 Å². The minimum absolute atomic E-state index is 0.0693. The summed E-state index contributed by atoms with van der Waals surface area (Å²) in [6.45, 7) is 4.16. The fourth-order valence-corrected chi connectivity index (χ4v) is 2.40. The van der Waals surface area contributed by atoms with Gasteiger partial charge in [0.1, 0.15) is 17.5 Å². The summed E-state index contributed by atoms with van der Waals surface area (Å²) in [6, 6.07) is 9.99. The van der Waals surface area contributed by atoms with E-state index in [0.29, 0.717) is 5.69 Å². The number of nitrogens with two attached hydrogens (primary N) is 2. The Labute approximate surface area is 136 Å². The van der Waals surface area contributed by atoms with E-state index in [0.717, 1.165) is 18.7 Å². The molecular formula is C17H22N6. The van der Waals surface area contributed by atoms with Gasteiger partial charge in [-0.25, -0.2) is 4.98 Å². The van der Waals surface area contributed by atoms with Crippen LogP contribution < -0.4 is 11.5 Å². The van der Waals surface area contributed by atoms with Gasteiger partial charge in [0.15, 0.2) is 0 Å². The van der Waals surface area contributed by atoms with E-state index in [-0.39, 0.29) is 17.3 Å². The Hall–Kier alpha value is -2.65. The quantitative estimate of drug-likeness (QED) is 0.849. The molecule has 0 amide bonds. The van der Waals surface area contributed by atoms with Crippen molar-refractivity contribution in [2.45, 2.75) is 26.3 Å². The van der Waals surface area contributed by atoms with Crippen LogP contribution in [0.2, 0.25) is 0 Å². The molecular weight excluding hydrogens is 288 g/mol. The van der Waals surface area contributed by atoms with E-state index in [2.05, 4.69) is 28.8 Å². The van der Waals surface area contributed by atoms with Crippen LogP contribution in [0.15, 0.2) is 24.3 Å². The second kappa shape index (κ2) is 7.56. The molecule has 0 fully saturated rings. The van der Waals surface area contributed by atoms with Crippen LogP contribution in [0, 0.1) is 11.3 Å². The van der Waals surface area contributed by atoms with Crippen molar-refractivity contribution in [3.8, 4) is 17.3 Å². The van der Waals surface area contributed by atoms with Gasteiger partial charge in [0.2, 0.25) is 5.95 Å². The van der Waals surface area contributed by atoms with E-state index in [1.165, 1.54) is 18.4 Å². The highest BCUT2D eigenvalue weighted by atomic mass is 15.1. The molecule has 0 bridgehead atoms. The Kier molecular flexibility index (Phi) is 5.50. The molecule has 0 aliphatic carbocycles. The lowest BCUT2D eigenvalue weighted by Crippen LogP contribution is -2.18. The van der Waals surface area contributed by atoms with Gasteiger partial charge in [0.05, 0.1) is 5.69 Å². The lowest BCUT2D eigenvalue weighted by molar-refractivity contribution is 0.321. The Balaban J connectivity index is 2.22. The Bertz CT molecular complexity index is 702. The van der Waals surface area contributed by atoms with Gasteiger partial charge in [-0.2, -0.15) is 10.2 Å². The average molecular weight is 310 g/mol. The summed E-state index contributed by atoms with van der Waals surface area (Å²) in [7, 11) is 2.11. The maximum atomic E-state index is 9.25. The number of nitriles is 1. The molecule has 0 unspecified atom stereocenters. The predicted molar refractivity (Wildman–Crippen MR) is 92.2 cm³/mol. The summed E-state index contributed by atoms with van der Waals surface area (Å²) >= 11 is 0. The van der Waals surface area contributed by atoms with Gasteiger partial charge in [0, 0.05) is 12.1 Å². The molecule has 1 aromatic carbocycles. The topological polar surface area (TPSA) is 105 Å². The minimum Gasteiger partial charge on any atom is -0.382 e.